The number of fused-ring (bicyclic) bond motifs is 1. The molecule has 0 aliphatic heterocycles. The van der Waals surface area contributed by atoms with Gasteiger partial charge in [-0.25, -0.2) is 9.78 Å². The molecule has 4 rings (SSSR count). The van der Waals surface area contributed by atoms with E-state index in [1.807, 2.05) is 12.1 Å². The second kappa shape index (κ2) is 12.6. The number of nitrogens with one attached hydrogen (secondary N) is 1. The van der Waals surface area contributed by atoms with Crippen LogP contribution in [0.1, 0.15) is 40.5 Å². The van der Waals surface area contributed by atoms with E-state index in [1.165, 1.54) is 4.88 Å². The lowest BCUT2D eigenvalue weighted by Gasteiger charge is -2.24. The molecule has 3 heterocycles. The molecule has 0 amide bonds. The zero-order chi connectivity index (χ0) is 26.3. The molecular weight excluding hydrogens is 535 g/mol. The zero-order valence-corrected chi connectivity index (χ0v) is 21.2. The average molecular weight is 558 g/mol. The Hall–Kier alpha value is -2.62. The molecule has 12 heteroatoms. The molecule has 2 atom stereocenters. The lowest BCUT2D eigenvalue weighted by Crippen LogP contribution is -2.29. The van der Waals surface area contributed by atoms with E-state index in [0.717, 1.165) is 45.7 Å². The molecule has 0 radical (unpaired) electrons. The number of hydrogen-bond acceptors (Lipinski definition) is 7. The van der Waals surface area contributed by atoms with E-state index in [9.17, 15) is 13.2 Å². The Morgan fingerprint density at radius 3 is 2.67 bits per heavy atom. The first-order valence-electron chi connectivity index (χ1n) is 10.8. The molecule has 0 aromatic carbocycles. The summed E-state index contributed by atoms with van der Waals surface area (Å²) in [6.45, 7) is 0.773. The maximum absolute atomic E-state index is 10.6. The third-order valence-corrected chi connectivity index (χ3v) is 7.60. The molecule has 192 valence electrons. The van der Waals surface area contributed by atoms with Gasteiger partial charge in [-0.2, -0.15) is 13.2 Å². The summed E-state index contributed by atoms with van der Waals surface area (Å²) in [4.78, 5) is 15.9. The van der Waals surface area contributed by atoms with E-state index in [0.29, 0.717) is 11.6 Å². The number of nitrogens with two attached hydrogens (primary N) is 1. The molecule has 1 aliphatic rings. The lowest BCUT2D eigenvalue weighted by molar-refractivity contribution is -0.192. The maximum atomic E-state index is 10.6. The van der Waals surface area contributed by atoms with Crippen LogP contribution in [0.3, 0.4) is 0 Å². The fraction of sp³-hybridized carbons (Fsp3) is 0.333. The Balaban J connectivity index is 0.000000454. The quantitative estimate of drug-likeness (QED) is 0.181. The monoisotopic (exact) mass is 557 g/mol. The van der Waals surface area contributed by atoms with Gasteiger partial charge in [-0.15, -0.1) is 22.7 Å². The summed E-state index contributed by atoms with van der Waals surface area (Å²) < 4.78 is 32.8. The summed E-state index contributed by atoms with van der Waals surface area (Å²) in [5.41, 5.74) is 9.14. The summed E-state index contributed by atoms with van der Waals surface area (Å²) in [7, 11) is 0. The largest absolute Gasteiger partial charge is 0.490 e. The van der Waals surface area contributed by atoms with E-state index >= 15 is 0 Å². The molecular formula is C24H23ClF3N3O3S2. The van der Waals surface area contributed by atoms with Crippen molar-refractivity contribution >= 4 is 56.1 Å². The van der Waals surface area contributed by atoms with E-state index in [-0.39, 0.29) is 18.6 Å². The van der Waals surface area contributed by atoms with Crippen LogP contribution in [0.4, 0.5) is 18.9 Å². The molecule has 0 fully saturated rings. The second-order valence-corrected chi connectivity index (χ2v) is 10.2. The molecule has 3 aromatic rings. The molecule has 0 saturated carbocycles. The van der Waals surface area contributed by atoms with Crippen molar-refractivity contribution in [3.63, 3.8) is 0 Å². The Labute approximate surface area is 218 Å². The van der Waals surface area contributed by atoms with Crippen molar-refractivity contribution in [1.29, 1.82) is 0 Å². The van der Waals surface area contributed by atoms with Crippen LogP contribution < -0.4 is 11.1 Å². The molecule has 36 heavy (non-hydrogen) atoms. The Morgan fingerprint density at radius 1 is 1.33 bits per heavy atom. The number of aliphatic hydroxyl groups is 1. The van der Waals surface area contributed by atoms with Gasteiger partial charge < -0.3 is 21.3 Å². The number of thiophene rings is 2. The minimum absolute atomic E-state index is 0.0396. The SMILES string of the molecule is N[C@@H]1CC=CC[C@H]1c1sc2c(NCc3cccs3)cc(Cl)nc2c1C#CCCO.O=C(O)C(F)(F)F. The molecule has 0 saturated heterocycles. The molecule has 0 spiro atoms. The lowest BCUT2D eigenvalue weighted by atomic mass is 9.87. The standard InChI is InChI=1S/C22H22ClN3OS2.C2HF3O2/c23-19-12-18(25-13-14-6-5-11-28-14)22-20(26-19)16(8-3-4-10-27)21(29-22)15-7-1-2-9-17(15)24;3-2(4,5)1(6)7/h1-2,5-6,11-12,15,17,27H,4,7,9-10,13,24H2,(H,25,26);(H,6,7)/t15-,17-;/m1./s1. The Morgan fingerprint density at radius 2 is 2.06 bits per heavy atom. The highest BCUT2D eigenvalue weighted by Gasteiger charge is 2.38. The number of pyridine rings is 1. The number of nitrogens with zero attached hydrogens (tertiary/aromatic N) is 1. The van der Waals surface area contributed by atoms with Crippen molar-refractivity contribution in [3.05, 3.63) is 56.2 Å². The predicted molar refractivity (Wildman–Crippen MR) is 138 cm³/mol. The van der Waals surface area contributed by atoms with Crippen LogP contribution in [0.15, 0.2) is 35.7 Å². The van der Waals surface area contributed by atoms with Gasteiger partial charge in [0.2, 0.25) is 0 Å². The first kappa shape index (κ1) is 28.0. The van der Waals surface area contributed by atoms with Crippen molar-refractivity contribution in [2.45, 2.75) is 43.9 Å². The normalized spacial score (nSPS) is 17.2. The highest BCUT2D eigenvalue weighted by Crippen LogP contribution is 2.43. The van der Waals surface area contributed by atoms with Crippen molar-refractivity contribution in [2.75, 3.05) is 11.9 Å². The topological polar surface area (TPSA) is 108 Å². The van der Waals surface area contributed by atoms with Gasteiger partial charge in [-0.3, -0.25) is 0 Å². The van der Waals surface area contributed by atoms with Crippen molar-refractivity contribution in [3.8, 4) is 11.8 Å². The Bertz CT molecular complexity index is 1280. The van der Waals surface area contributed by atoms with Crippen LogP contribution in [0.2, 0.25) is 5.15 Å². The van der Waals surface area contributed by atoms with Crippen LogP contribution >= 0.6 is 34.3 Å². The fourth-order valence-corrected chi connectivity index (χ4v) is 5.72. The summed E-state index contributed by atoms with van der Waals surface area (Å²) in [6, 6.07) is 6.09. The first-order valence-corrected chi connectivity index (χ1v) is 12.9. The van der Waals surface area contributed by atoms with Gasteiger partial charge in [0.25, 0.3) is 0 Å². The van der Waals surface area contributed by atoms with Crippen LogP contribution in [-0.2, 0) is 11.3 Å². The fourth-order valence-electron chi connectivity index (χ4n) is 3.50. The van der Waals surface area contributed by atoms with E-state index < -0.39 is 12.1 Å². The van der Waals surface area contributed by atoms with E-state index in [1.54, 1.807) is 22.7 Å². The highest BCUT2D eigenvalue weighted by molar-refractivity contribution is 7.20. The van der Waals surface area contributed by atoms with Crippen LogP contribution in [0.25, 0.3) is 10.2 Å². The minimum atomic E-state index is -5.08. The number of carboxylic acids is 1. The number of alkyl halides is 3. The van der Waals surface area contributed by atoms with Gasteiger partial charge in [-0.1, -0.05) is 41.7 Å². The molecule has 0 bridgehead atoms. The molecule has 0 unspecified atom stereocenters. The van der Waals surface area contributed by atoms with Crippen molar-refractivity contribution < 1.29 is 28.2 Å². The number of aliphatic hydroxyl groups excluding tert-OH is 1. The summed E-state index contributed by atoms with van der Waals surface area (Å²) in [6.07, 6.45) is 1.44. The Kier molecular flexibility index (Phi) is 9.76. The summed E-state index contributed by atoms with van der Waals surface area (Å²) in [5.74, 6) is 3.77. The van der Waals surface area contributed by atoms with Crippen molar-refractivity contribution in [1.82, 2.24) is 4.98 Å². The predicted octanol–water partition coefficient (Wildman–Crippen LogP) is 5.75. The van der Waals surface area contributed by atoms with E-state index in [4.69, 9.17) is 32.3 Å². The summed E-state index contributed by atoms with van der Waals surface area (Å²) >= 11 is 9.80. The number of aromatic nitrogens is 1. The first-order chi connectivity index (χ1) is 17.1. The second-order valence-electron chi connectivity index (χ2n) is 7.74. The number of rotatable bonds is 5. The molecule has 5 N–H and O–H groups in total. The van der Waals surface area contributed by atoms with E-state index in [2.05, 4.69) is 45.7 Å². The number of allylic oxidation sites excluding steroid dienone is 1. The number of hydrogen-bond donors (Lipinski definition) is 4. The number of carbonyl (C=O) groups is 1. The molecule has 3 aromatic heterocycles. The minimum Gasteiger partial charge on any atom is -0.475 e. The van der Waals surface area contributed by atoms with Gasteiger partial charge in [0.05, 0.1) is 22.6 Å². The summed E-state index contributed by atoms with van der Waals surface area (Å²) in [5, 5.41) is 22.3. The third kappa shape index (κ3) is 7.21. The van der Waals surface area contributed by atoms with Crippen LogP contribution in [-0.4, -0.2) is 40.0 Å². The number of anilines is 1. The number of aliphatic carboxylic acids is 1. The van der Waals surface area contributed by atoms with Gasteiger partial charge in [0, 0.05) is 40.7 Å². The molecule has 6 nitrogen and oxygen atoms in total. The van der Waals surface area contributed by atoms with Crippen LogP contribution in [0, 0.1) is 11.8 Å². The highest BCUT2D eigenvalue weighted by atomic mass is 35.5. The zero-order valence-electron chi connectivity index (χ0n) is 18.8. The van der Waals surface area contributed by atoms with Gasteiger partial charge >= 0.3 is 12.1 Å². The molecule has 1 aliphatic carbocycles. The van der Waals surface area contributed by atoms with Gasteiger partial charge in [-0.05, 0) is 24.3 Å². The average Bonchev–Trinajstić information content (AvgIpc) is 3.46. The smallest absolute Gasteiger partial charge is 0.475 e. The van der Waals surface area contributed by atoms with Crippen LogP contribution in [0.5, 0.6) is 0 Å². The van der Waals surface area contributed by atoms with Gasteiger partial charge in [0.1, 0.15) is 10.7 Å². The maximum Gasteiger partial charge on any atom is 0.490 e. The van der Waals surface area contributed by atoms with Gasteiger partial charge in [0.15, 0.2) is 0 Å². The van der Waals surface area contributed by atoms with Crippen molar-refractivity contribution in [2.24, 2.45) is 5.73 Å². The third-order valence-electron chi connectivity index (χ3n) is 5.18. The number of halogens is 4. The number of carboxylic acid groups (broad SMARTS) is 1.